The Balaban J connectivity index is 0.729. The van der Waals surface area contributed by atoms with E-state index in [0.717, 1.165) is 77.9 Å². The molecule has 0 radical (unpaired) electrons. The number of hydrogen-bond donors (Lipinski definition) is 3. The van der Waals surface area contributed by atoms with Gasteiger partial charge in [0.15, 0.2) is 0 Å². The van der Waals surface area contributed by atoms with Crippen LogP contribution < -0.4 is 25.6 Å². The summed E-state index contributed by atoms with van der Waals surface area (Å²) < 4.78 is 34.1. The molecule has 15 nitrogen and oxygen atoms in total. The van der Waals surface area contributed by atoms with Crippen molar-refractivity contribution >= 4 is 58.1 Å². The molecule has 1 aromatic heterocycles. The number of carbonyl (C=O) groups is 3. The highest BCUT2D eigenvalue weighted by Gasteiger charge is 2.33. The van der Waals surface area contributed by atoms with Crippen LogP contribution in [0.5, 0.6) is 5.75 Å². The first-order valence-electron chi connectivity index (χ1n) is 25.4. The van der Waals surface area contributed by atoms with Crippen LogP contribution in [0.15, 0.2) is 108 Å². The molecule has 0 fully saturated rings. The van der Waals surface area contributed by atoms with E-state index in [1.54, 1.807) is 18.5 Å². The number of thiazole rings is 1. The van der Waals surface area contributed by atoms with Gasteiger partial charge >= 0.3 is 0 Å². The van der Waals surface area contributed by atoms with Gasteiger partial charge < -0.3 is 49.3 Å². The fourth-order valence-electron chi connectivity index (χ4n) is 8.44. The van der Waals surface area contributed by atoms with Gasteiger partial charge in [0.25, 0.3) is 11.8 Å². The first-order chi connectivity index (χ1) is 36.1. The molecule has 1 aliphatic rings. The van der Waals surface area contributed by atoms with Crippen LogP contribution >= 0.6 is 22.9 Å². The summed E-state index contributed by atoms with van der Waals surface area (Å²) in [5.74, 6) is 0.186. The Morgan fingerprint density at radius 2 is 1.45 bits per heavy atom. The lowest BCUT2D eigenvalue weighted by atomic mass is 9.88. The lowest BCUT2D eigenvalue weighted by Crippen LogP contribution is -2.43. The van der Waals surface area contributed by atoms with Gasteiger partial charge in [0.1, 0.15) is 22.4 Å². The normalized spacial score (nSPS) is 14.7. The molecule has 5 aromatic rings. The van der Waals surface area contributed by atoms with Crippen LogP contribution in [0.4, 0.5) is 11.4 Å². The molecule has 3 amide bonds. The smallest absolute Gasteiger partial charge is 0.262 e. The van der Waals surface area contributed by atoms with E-state index in [-0.39, 0.29) is 35.5 Å². The largest absolute Gasteiger partial charge is 0.494 e. The number of nitrogens with one attached hydrogen (secondary N) is 3. The maximum Gasteiger partial charge on any atom is 0.262 e. The molecule has 3 atom stereocenters. The van der Waals surface area contributed by atoms with Gasteiger partial charge in [-0.3, -0.25) is 14.4 Å². The third-order valence-corrected chi connectivity index (χ3v) is 13.1. The number of ether oxygens (including phenoxy) is 6. The summed E-state index contributed by atoms with van der Waals surface area (Å²) in [6.07, 6.45) is 8.32. The molecule has 74 heavy (non-hydrogen) atoms. The van der Waals surface area contributed by atoms with Gasteiger partial charge in [-0.25, -0.2) is 4.98 Å². The monoisotopic (exact) mass is 1050 g/mol. The second kappa shape index (κ2) is 31.5. The average Bonchev–Trinajstić information content (AvgIpc) is 3.93. The standard InChI is InChI=1S/C57H69ClN6O9S/c1-4-8-52(63-57(67)47(40-59)39-55-60-24-36-74-55)44-13-20-50(21-14-44)73-26-7-5-6-25-68-28-30-70-32-34-72-35-33-71-31-29-69-27-23-61-56(66)45-11-9-43(10-12-45)46-15-22-54-51(38-46)53(37-41(2)64(54)42(3)65)62-49-18-16-48(58)17-19-49/h9-22,24,36,38-39,41,52-53,62H,4-8,23,25-35,37H2,1-3H3,(H,61,66)(H,63,67)/b47-39+/t41-,52-,53?/m0/s1. The Morgan fingerprint density at radius 1 is 0.811 bits per heavy atom. The van der Waals surface area contributed by atoms with Crippen LogP contribution in [0.25, 0.3) is 17.2 Å². The number of carbonyl (C=O) groups excluding carboxylic acids is 3. The highest BCUT2D eigenvalue weighted by atomic mass is 35.5. The fourth-order valence-corrected chi connectivity index (χ4v) is 9.13. The van der Waals surface area contributed by atoms with Gasteiger partial charge in [0, 0.05) is 59.7 Å². The number of nitrogens with zero attached hydrogens (tertiary/aromatic N) is 3. The SMILES string of the molecule is CCC[C@H](NC(=O)/C(C#N)=C/c1nccs1)c1ccc(OCCCCCOCCOCCOCCOCCOCCNC(=O)c2ccc(-c3ccc4c(c3)C(Nc3ccc(Cl)cc3)C[C@H](C)N4C(C)=O)cc2)cc1. The van der Waals surface area contributed by atoms with Crippen molar-refractivity contribution < 1.29 is 42.8 Å². The van der Waals surface area contributed by atoms with Gasteiger partial charge in [0.2, 0.25) is 5.91 Å². The lowest BCUT2D eigenvalue weighted by Gasteiger charge is -2.39. The average molecular weight is 1050 g/mol. The number of anilines is 2. The summed E-state index contributed by atoms with van der Waals surface area (Å²) in [4.78, 5) is 44.4. The maximum atomic E-state index is 12.9. The molecule has 4 aromatic carbocycles. The van der Waals surface area contributed by atoms with Crippen LogP contribution in [0.3, 0.4) is 0 Å². The zero-order chi connectivity index (χ0) is 52.3. The minimum atomic E-state index is -0.412. The molecular formula is C57H69ClN6O9S. The quantitative estimate of drug-likeness (QED) is 0.0211. The summed E-state index contributed by atoms with van der Waals surface area (Å²) in [5, 5.41) is 22.2. The van der Waals surface area contributed by atoms with Crippen molar-refractivity contribution in [1.82, 2.24) is 15.6 Å². The zero-order valence-corrected chi connectivity index (χ0v) is 44.2. The molecule has 2 heterocycles. The van der Waals surface area contributed by atoms with Gasteiger partial charge in [-0.05, 0) is 128 Å². The highest BCUT2D eigenvalue weighted by molar-refractivity contribution is 7.10. The van der Waals surface area contributed by atoms with Crippen LogP contribution in [0, 0.1) is 11.3 Å². The van der Waals surface area contributed by atoms with E-state index in [9.17, 15) is 19.6 Å². The molecule has 0 saturated heterocycles. The second-order valence-electron chi connectivity index (χ2n) is 17.7. The number of hydrogen-bond acceptors (Lipinski definition) is 13. The minimum Gasteiger partial charge on any atom is -0.494 e. The van der Waals surface area contributed by atoms with E-state index < -0.39 is 5.91 Å². The number of benzene rings is 4. The third kappa shape index (κ3) is 18.6. The van der Waals surface area contributed by atoms with Crippen LogP contribution in [-0.2, 0) is 33.3 Å². The van der Waals surface area contributed by atoms with E-state index in [1.807, 2.05) is 95.9 Å². The van der Waals surface area contributed by atoms with Crippen molar-refractivity contribution in [3.63, 3.8) is 0 Å². The molecule has 394 valence electrons. The summed E-state index contributed by atoms with van der Waals surface area (Å²) in [7, 11) is 0. The summed E-state index contributed by atoms with van der Waals surface area (Å²) in [6.45, 7) is 11.4. The maximum absolute atomic E-state index is 12.9. The highest BCUT2D eigenvalue weighted by Crippen LogP contribution is 2.41. The van der Waals surface area contributed by atoms with Crippen molar-refractivity contribution in [1.29, 1.82) is 5.26 Å². The molecule has 17 heteroatoms. The summed E-state index contributed by atoms with van der Waals surface area (Å²) in [5.41, 5.74) is 6.39. The molecule has 6 rings (SSSR count). The van der Waals surface area contributed by atoms with Gasteiger partial charge in [-0.15, -0.1) is 11.3 Å². The zero-order valence-electron chi connectivity index (χ0n) is 42.7. The molecule has 0 bridgehead atoms. The number of halogens is 1. The van der Waals surface area contributed by atoms with Gasteiger partial charge in [-0.1, -0.05) is 55.3 Å². The lowest BCUT2D eigenvalue weighted by molar-refractivity contribution is -0.118. The predicted molar refractivity (Wildman–Crippen MR) is 291 cm³/mol. The van der Waals surface area contributed by atoms with E-state index in [2.05, 4.69) is 40.8 Å². The molecule has 0 aliphatic carbocycles. The van der Waals surface area contributed by atoms with Crippen molar-refractivity contribution in [3.05, 3.63) is 135 Å². The van der Waals surface area contributed by atoms with Crippen molar-refractivity contribution in [2.24, 2.45) is 0 Å². The van der Waals surface area contributed by atoms with Crippen LogP contribution in [0.1, 0.15) is 97.9 Å². The first-order valence-corrected chi connectivity index (χ1v) is 26.7. The van der Waals surface area contributed by atoms with Gasteiger partial charge in [0.05, 0.1) is 78.2 Å². The predicted octanol–water partition coefficient (Wildman–Crippen LogP) is 10.4. The molecule has 0 spiro atoms. The van der Waals surface area contributed by atoms with Gasteiger partial charge in [-0.2, -0.15) is 5.26 Å². The Kier molecular flexibility index (Phi) is 24.4. The molecule has 3 N–H and O–H groups in total. The number of nitriles is 1. The second-order valence-corrected chi connectivity index (χ2v) is 19.0. The molecular weight excluding hydrogens is 980 g/mol. The summed E-state index contributed by atoms with van der Waals surface area (Å²) >= 11 is 7.50. The first kappa shape index (κ1) is 57.1. The van der Waals surface area contributed by atoms with E-state index in [0.29, 0.717) is 94.8 Å². The Hall–Kier alpha value is -6.16. The van der Waals surface area contributed by atoms with Crippen molar-refractivity contribution in [2.75, 3.05) is 89.4 Å². The number of amides is 3. The minimum absolute atomic E-state index is 0.00771. The number of fused-ring (bicyclic) bond motifs is 1. The summed E-state index contributed by atoms with van der Waals surface area (Å²) in [6, 6.07) is 30.8. The fraction of sp³-hybridized carbons (Fsp3) is 0.421. The molecule has 0 saturated carbocycles. The third-order valence-electron chi connectivity index (χ3n) is 12.2. The van der Waals surface area contributed by atoms with Crippen molar-refractivity contribution in [3.8, 4) is 22.9 Å². The molecule has 1 unspecified atom stereocenters. The van der Waals surface area contributed by atoms with E-state index in [4.69, 9.17) is 40.0 Å². The number of rotatable bonds is 32. The Morgan fingerprint density at radius 3 is 2.07 bits per heavy atom. The molecule has 1 aliphatic heterocycles. The Bertz CT molecular complexity index is 2560. The van der Waals surface area contributed by atoms with E-state index in [1.165, 1.54) is 17.4 Å². The van der Waals surface area contributed by atoms with Crippen LogP contribution in [-0.4, -0.2) is 108 Å². The van der Waals surface area contributed by atoms with Crippen LogP contribution in [0.2, 0.25) is 5.02 Å². The number of unbranched alkanes of at least 4 members (excludes halogenated alkanes) is 2. The van der Waals surface area contributed by atoms with E-state index >= 15 is 0 Å². The van der Waals surface area contributed by atoms with Crippen molar-refractivity contribution in [2.45, 2.75) is 77.4 Å². The number of aromatic nitrogens is 1. The Labute approximate surface area is 444 Å². The topological polar surface area (TPSA) is 183 Å².